The van der Waals surface area contributed by atoms with Crippen LogP contribution in [0.2, 0.25) is 0 Å². The normalized spacial score (nSPS) is 10.5. The molecule has 0 saturated heterocycles. The van der Waals surface area contributed by atoms with E-state index in [0.29, 0.717) is 24.7 Å². The highest BCUT2D eigenvalue weighted by Gasteiger charge is 2.16. The largest absolute Gasteiger partial charge is 0.336 e. The summed E-state index contributed by atoms with van der Waals surface area (Å²) in [7, 11) is 0. The van der Waals surface area contributed by atoms with Crippen LogP contribution in [0.5, 0.6) is 0 Å². The van der Waals surface area contributed by atoms with E-state index in [0.717, 1.165) is 0 Å². The van der Waals surface area contributed by atoms with Crippen LogP contribution in [0.4, 0.5) is 8.78 Å². The molecule has 2 nitrogen and oxygen atoms in total. The Bertz CT molecular complexity index is 155. The summed E-state index contributed by atoms with van der Waals surface area (Å²) in [5, 5.41) is 0.537. The second-order valence-electron chi connectivity index (χ2n) is 2.67. The minimum Gasteiger partial charge on any atom is -0.336 e. The molecule has 0 aliphatic rings. The van der Waals surface area contributed by atoms with Gasteiger partial charge in [0.15, 0.2) is 0 Å². The number of nitrogens with zero attached hydrogens (tertiary/aromatic N) is 1. The van der Waals surface area contributed by atoms with Crippen molar-refractivity contribution < 1.29 is 13.6 Å². The van der Waals surface area contributed by atoms with Crippen molar-refractivity contribution in [3.05, 3.63) is 0 Å². The van der Waals surface area contributed by atoms with Gasteiger partial charge >= 0.3 is 0 Å². The number of amides is 1. The highest BCUT2D eigenvalue weighted by atomic mass is 79.9. The predicted octanol–water partition coefficient (Wildman–Crippen LogP) is 2.28. The Hall–Kier alpha value is -0.190. The van der Waals surface area contributed by atoms with Gasteiger partial charge in [-0.25, -0.2) is 8.78 Å². The number of rotatable bonds is 6. The summed E-state index contributed by atoms with van der Waals surface area (Å²) in [6.07, 6.45) is -1.40. The summed E-state index contributed by atoms with van der Waals surface area (Å²) >= 11 is 3.12. The van der Waals surface area contributed by atoms with E-state index in [4.69, 9.17) is 0 Å². The van der Waals surface area contributed by atoms with Gasteiger partial charge in [0.2, 0.25) is 5.91 Å². The smallest absolute Gasteiger partial charge is 0.255 e. The highest BCUT2D eigenvalue weighted by molar-refractivity contribution is 9.09. The molecule has 0 heterocycles. The third-order valence-corrected chi connectivity index (χ3v) is 1.88. The molecule has 0 aromatic rings. The highest BCUT2D eigenvalue weighted by Crippen LogP contribution is 2.03. The van der Waals surface area contributed by atoms with Crippen molar-refractivity contribution in [3.63, 3.8) is 0 Å². The molecule has 0 radical (unpaired) electrons. The van der Waals surface area contributed by atoms with Crippen molar-refractivity contribution >= 4 is 21.8 Å². The van der Waals surface area contributed by atoms with Gasteiger partial charge in [0.1, 0.15) is 0 Å². The van der Waals surface area contributed by atoms with Gasteiger partial charge in [-0.05, 0) is 6.42 Å². The summed E-state index contributed by atoms with van der Waals surface area (Å²) < 4.78 is 24.0. The molecule has 0 aromatic heterocycles. The summed E-state index contributed by atoms with van der Waals surface area (Å²) in [5.74, 6) is -0.192. The second-order valence-corrected chi connectivity index (χ2v) is 3.46. The molecule has 0 aliphatic heterocycles. The van der Waals surface area contributed by atoms with Crippen LogP contribution in [0.25, 0.3) is 0 Å². The average Bonchev–Trinajstić information content (AvgIpc) is 2.03. The van der Waals surface area contributed by atoms with Crippen LogP contribution in [-0.2, 0) is 4.79 Å². The van der Waals surface area contributed by atoms with E-state index in [1.165, 1.54) is 4.90 Å². The Morgan fingerprint density at radius 2 is 2.15 bits per heavy atom. The number of carbonyl (C=O) groups is 1. The van der Waals surface area contributed by atoms with Crippen molar-refractivity contribution in [2.45, 2.75) is 26.2 Å². The van der Waals surface area contributed by atoms with Crippen LogP contribution in [0.3, 0.4) is 0 Å². The van der Waals surface area contributed by atoms with E-state index in [-0.39, 0.29) is 5.91 Å². The van der Waals surface area contributed by atoms with Crippen molar-refractivity contribution in [2.24, 2.45) is 0 Å². The molecule has 0 atom stereocenters. The van der Waals surface area contributed by atoms with Crippen molar-refractivity contribution in [1.29, 1.82) is 0 Å². The van der Waals surface area contributed by atoms with Gasteiger partial charge in [0, 0.05) is 18.3 Å². The first-order valence-corrected chi connectivity index (χ1v) is 5.35. The topological polar surface area (TPSA) is 20.3 Å². The van der Waals surface area contributed by atoms with Gasteiger partial charge in [-0.15, -0.1) is 0 Å². The minimum absolute atomic E-state index is 0.192. The zero-order chi connectivity index (χ0) is 10.3. The molecular weight excluding hydrogens is 244 g/mol. The van der Waals surface area contributed by atoms with E-state index in [1.54, 1.807) is 0 Å². The molecule has 0 fully saturated rings. The molecule has 0 N–H and O–H groups in total. The van der Waals surface area contributed by atoms with Crippen molar-refractivity contribution in [1.82, 2.24) is 4.90 Å². The molecule has 0 unspecified atom stereocenters. The Morgan fingerprint density at radius 3 is 2.54 bits per heavy atom. The fraction of sp³-hybridized carbons (Fsp3) is 0.875. The standard InChI is InChI=1S/C8H14BrF2NO/c1-2-3-8(13)12(5-4-9)6-7(10)11/h7H,2-6H2,1H3. The molecule has 0 saturated carbocycles. The van der Waals surface area contributed by atoms with Crippen molar-refractivity contribution in [2.75, 3.05) is 18.4 Å². The number of halogens is 3. The van der Waals surface area contributed by atoms with E-state index in [9.17, 15) is 13.6 Å². The number of hydrogen-bond donors (Lipinski definition) is 0. The van der Waals surface area contributed by atoms with Crippen molar-refractivity contribution in [3.8, 4) is 0 Å². The zero-order valence-corrected chi connectivity index (χ0v) is 9.19. The molecule has 0 aliphatic carbocycles. The van der Waals surface area contributed by atoms with E-state index >= 15 is 0 Å². The van der Waals surface area contributed by atoms with Gasteiger partial charge in [0.05, 0.1) is 6.54 Å². The average molecular weight is 258 g/mol. The molecule has 1 amide bonds. The number of hydrogen-bond acceptors (Lipinski definition) is 1. The SMILES string of the molecule is CCCC(=O)N(CCBr)CC(F)F. The third-order valence-electron chi connectivity index (χ3n) is 1.53. The fourth-order valence-electron chi connectivity index (χ4n) is 0.958. The lowest BCUT2D eigenvalue weighted by Gasteiger charge is -2.20. The van der Waals surface area contributed by atoms with Crippen LogP contribution in [0, 0.1) is 0 Å². The molecule has 0 rings (SSSR count). The van der Waals surface area contributed by atoms with Gasteiger partial charge < -0.3 is 4.90 Å². The second kappa shape index (κ2) is 7.24. The van der Waals surface area contributed by atoms with Gasteiger partial charge in [-0.1, -0.05) is 22.9 Å². The Labute approximate surface area is 85.4 Å². The lowest BCUT2D eigenvalue weighted by atomic mass is 10.3. The molecular formula is C8H14BrF2NO. The first kappa shape index (κ1) is 12.8. The molecule has 78 valence electrons. The van der Waals surface area contributed by atoms with E-state index < -0.39 is 13.0 Å². The maximum atomic E-state index is 12.0. The maximum Gasteiger partial charge on any atom is 0.255 e. The minimum atomic E-state index is -2.44. The predicted molar refractivity (Wildman–Crippen MR) is 51.3 cm³/mol. The summed E-state index contributed by atoms with van der Waals surface area (Å²) in [6, 6.07) is 0. The molecule has 0 spiro atoms. The summed E-state index contributed by atoms with van der Waals surface area (Å²) in [4.78, 5) is 12.4. The third kappa shape index (κ3) is 5.96. The van der Waals surface area contributed by atoms with Gasteiger partial charge in [-0.3, -0.25) is 4.79 Å². The molecule has 13 heavy (non-hydrogen) atoms. The maximum absolute atomic E-state index is 12.0. The first-order valence-electron chi connectivity index (χ1n) is 4.23. The van der Waals surface area contributed by atoms with Gasteiger partial charge in [-0.2, -0.15) is 0 Å². The quantitative estimate of drug-likeness (QED) is 0.669. The molecule has 0 bridgehead atoms. The van der Waals surface area contributed by atoms with E-state index in [2.05, 4.69) is 15.9 Å². The lowest BCUT2D eigenvalue weighted by Crippen LogP contribution is -2.36. The number of alkyl halides is 3. The van der Waals surface area contributed by atoms with Crippen LogP contribution in [0.1, 0.15) is 19.8 Å². The molecule has 0 aromatic carbocycles. The van der Waals surface area contributed by atoms with E-state index in [1.807, 2.05) is 6.92 Å². The van der Waals surface area contributed by atoms with Crippen LogP contribution in [-0.4, -0.2) is 35.7 Å². The van der Waals surface area contributed by atoms with Gasteiger partial charge in [0.25, 0.3) is 6.43 Å². The number of carbonyl (C=O) groups excluding carboxylic acids is 1. The van der Waals surface area contributed by atoms with Crippen LogP contribution >= 0.6 is 15.9 Å². The zero-order valence-electron chi connectivity index (χ0n) is 7.60. The first-order chi connectivity index (χ1) is 6.11. The Balaban J connectivity index is 3.98. The van der Waals surface area contributed by atoms with Crippen LogP contribution < -0.4 is 0 Å². The van der Waals surface area contributed by atoms with Crippen LogP contribution in [0.15, 0.2) is 0 Å². The lowest BCUT2D eigenvalue weighted by molar-refractivity contribution is -0.132. The fourth-order valence-corrected chi connectivity index (χ4v) is 1.39. The Kier molecular flexibility index (Phi) is 7.13. The Morgan fingerprint density at radius 1 is 1.54 bits per heavy atom. The summed E-state index contributed by atoms with van der Waals surface area (Å²) in [6.45, 7) is 1.75. The molecule has 5 heteroatoms. The summed E-state index contributed by atoms with van der Waals surface area (Å²) in [5.41, 5.74) is 0. The monoisotopic (exact) mass is 257 g/mol.